The lowest BCUT2D eigenvalue weighted by Gasteiger charge is -2.15. The number of thiophene rings is 1. The summed E-state index contributed by atoms with van der Waals surface area (Å²) >= 11 is 2.72. The molecule has 4 aromatic rings. The highest BCUT2D eigenvalue weighted by Crippen LogP contribution is 2.33. The van der Waals surface area contributed by atoms with E-state index in [1.165, 1.54) is 28.7 Å². The first kappa shape index (κ1) is 23.0. The van der Waals surface area contributed by atoms with Gasteiger partial charge in [0.2, 0.25) is 5.91 Å². The third-order valence-electron chi connectivity index (χ3n) is 5.34. The first-order valence-corrected chi connectivity index (χ1v) is 12.5. The smallest absolute Gasteiger partial charge is 0.263 e. The minimum Gasteiger partial charge on any atom is -0.325 e. The maximum absolute atomic E-state index is 13.5. The van der Waals surface area contributed by atoms with Crippen LogP contribution in [-0.4, -0.2) is 20.7 Å². The molecule has 0 radical (unpaired) electrons. The van der Waals surface area contributed by atoms with Crippen LogP contribution in [0.1, 0.15) is 19.4 Å². The Labute approximate surface area is 201 Å². The molecule has 0 bridgehead atoms. The minimum atomic E-state index is -0.440. The van der Waals surface area contributed by atoms with Gasteiger partial charge in [-0.1, -0.05) is 67.2 Å². The molecule has 1 unspecified atom stereocenters. The minimum absolute atomic E-state index is 0.120. The zero-order valence-electron chi connectivity index (χ0n) is 18.6. The number of hydrogen-bond acceptors (Lipinski definition) is 5. The van der Waals surface area contributed by atoms with Gasteiger partial charge < -0.3 is 5.32 Å². The van der Waals surface area contributed by atoms with E-state index in [0.29, 0.717) is 21.9 Å². The van der Waals surface area contributed by atoms with Crippen molar-refractivity contribution in [3.05, 3.63) is 88.5 Å². The molecule has 0 saturated carbocycles. The molecule has 1 N–H and O–H groups in total. The fourth-order valence-electron chi connectivity index (χ4n) is 3.50. The summed E-state index contributed by atoms with van der Waals surface area (Å²) < 4.78 is 1.60. The lowest BCUT2D eigenvalue weighted by molar-refractivity contribution is -0.115. The molecule has 33 heavy (non-hydrogen) atoms. The van der Waals surface area contributed by atoms with Gasteiger partial charge in [-0.15, -0.1) is 17.9 Å². The molecule has 2 aromatic heterocycles. The first-order valence-electron chi connectivity index (χ1n) is 10.8. The number of aryl methyl sites for hydroxylation is 1. The van der Waals surface area contributed by atoms with Crippen molar-refractivity contribution in [3.63, 3.8) is 0 Å². The van der Waals surface area contributed by atoms with Crippen LogP contribution >= 0.6 is 23.1 Å². The average molecular weight is 476 g/mol. The predicted molar refractivity (Wildman–Crippen MR) is 139 cm³/mol. The molecule has 5 nitrogen and oxygen atoms in total. The Kier molecular flexibility index (Phi) is 7.11. The number of fused-ring (bicyclic) bond motifs is 1. The van der Waals surface area contributed by atoms with Crippen LogP contribution in [0.5, 0.6) is 0 Å². The lowest BCUT2D eigenvalue weighted by atomic mass is 10.1. The second-order valence-corrected chi connectivity index (χ2v) is 9.76. The number of nitrogens with one attached hydrogen (secondary N) is 1. The summed E-state index contributed by atoms with van der Waals surface area (Å²) in [5, 5.41) is 5.59. The topological polar surface area (TPSA) is 64.0 Å². The molecule has 0 aliphatic rings. The number of anilines is 1. The van der Waals surface area contributed by atoms with Crippen molar-refractivity contribution in [2.24, 2.45) is 0 Å². The molecule has 0 aliphatic heterocycles. The Hall–Kier alpha value is -3.16. The van der Waals surface area contributed by atoms with Crippen molar-refractivity contribution in [1.29, 1.82) is 0 Å². The van der Waals surface area contributed by atoms with Crippen LogP contribution < -0.4 is 10.9 Å². The summed E-state index contributed by atoms with van der Waals surface area (Å²) in [5.41, 5.74) is 3.71. The van der Waals surface area contributed by atoms with E-state index in [0.717, 1.165) is 23.2 Å². The number of carbonyl (C=O) groups excluding carboxylic acids is 1. The van der Waals surface area contributed by atoms with E-state index < -0.39 is 5.25 Å². The van der Waals surface area contributed by atoms with Crippen LogP contribution in [0.15, 0.2) is 82.6 Å². The SMILES string of the molecule is C=CCn1c(SC(C)C(=O)Nc2ccc(CC)cc2)nc2scc(-c3ccccc3)c2c1=O. The van der Waals surface area contributed by atoms with Crippen molar-refractivity contribution < 1.29 is 4.79 Å². The first-order chi connectivity index (χ1) is 16.0. The van der Waals surface area contributed by atoms with Gasteiger partial charge in [0.05, 0.1) is 10.6 Å². The monoisotopic (exact) mass is 475 g/mol. The van der Waals surface area contributed by atoms with Crippen molar-refractivity contribution in [2.75, 3.05) is 5.32 Å². The van der Waals surface area contributed by atoms with Gasteiger partial charge in [-0.2, -0.15) is 0 Å². The van der Waals surface area contributed by atoms with Gasteiger partial charge in [0.25, 0.3) is 5.56 Å². The van der Waals surface area contributed by atoms with Gasteiger partial charge in [0.1, 0.15) is 4.83 Å². The molecular formula is C26H25N3O2S2. The molecule has 168 valence electrons. The number of benzene rings is 2. The Balaban J connectivity index is 1.64. The van der Waals surface area contributed by atoms with E-state index in [-0.39, 0.29) is 11.5 Å². The Bertz CT molecular complexity index is 1340. The Morgan fingerprint density at radius 3 is 2.61 bits per heavy atom. The normalized spacial score (nSPS) is 11.9. The zero-order chi connectivity index (χ0) is 23.4. The van der Waals surface area contributed by atoms with Gasteiger partial charge in [-0.25, -0.2) is 4.98 Å². The third kappa shape index (κ3) is 4.94. The summed E-state index contributed by atoms with van der Waals surface area (Å²) in [6.45, 7) is 8.03. The lowest BCUT2D eigenvalue weighted by Crippen LogP contribution is -2.26. The quantitative estimate of drug-likeness (QED) is 0.193. The average Bonchev–Trinajstić information content (AvgIpc) is 3.26. The number of amides is 1. The van der Waals surface area contributed by atoms with Crippen LogP contribution in [-0.2, 0) is 17.8 Å². The Morgan fingerprint density at radius 2 is 1.94 bits per heavy atom. The van der Waals surface area contributed by atoms with Crippen LogP contribution in [0, 0.1) is 0 Å². The van der Waals surface area contributed by atoms with Crippen molar-refractivity contribution in [2.45, 2.75) is 37.2 Å². The molecule has 0 fully saturated rings. The van der Waals surface area contributed by atoms with Gasteiger partial charge in [-0.05, 0) is 36.6 Å². The van der Waals surface area contributed by atoms with Gasteiger partial charge in [0, 0.05) is 23.2 Å². The maximum Gasteiger partial charge on any atom is 0.263 e. The number of nitrogens with zero attached hydrogens (tertiary/aromatic N) is 2. The van der Waals surface area contributed by atoms with Gasteiger partial charge in [0.15, 0.2) is 5.16 Å². The highest BCUT2D eigenvalue weighted by molar-refractivity contribution is 8.00. The number of allylic oxidation sites excluding steroid dienone is 1. The molecule has 0 spiro atoms. The van der Waals surface area contributed by atoms with E-state index in [4.69, 9.17) is 4.98 Å². The second kappa shape index (κ2) is 10.2. The summed E-state index contributed by atoms with van der Waals surface area (Å²) in [7, 11) is 0. The molecule has 2 heterocycles. The predicted octanol–water partition coefficient (Wildman–Crippen LogP) is 5.99. The molecule has 1 amide bonds. The molecule has 2 aromatic carbocycles. The van der Waals surface area contributed by atoms with Crippen LogP contribution in [0.4, 0.5) is 5.69 Å². The van der Waals surface area contributed by atoms with E-state index >= 15 is 0 Å². The summed E-state index contributed by atoms with van der Waals surface area (Å²) in [5.74, 6) is -0.139. The fourth-order valence-corrected chi connectivity index (χ4v) is 5.40. The molecular weight excluding hydrogens is 450 g/mol. The van der Waals surface area contributed by atoms with Crippen LogP contribution in [0.2, 0.25) is 0 Å². The summed E-state index contributed by atoms with van der Waals surface area (Å²) in [4.78, 5) is 31.7. The fraction of sp³-hybridized carbons (Fsp3) is 0.192. The van der Waals surface area contributed by atoms with Crippen LogP contribution in [0.3, 0.4) is 0 Å². The number of rotatable bonds is 8. The molecule has 7 heteroatoms. The van der Waals surface area contributed by atoms with Crippen molar-refractivity contribution >= 4 is 44.9 Å². The Morgan fingerprint density at radius 1 is 1.21 bits per heavy atom. The van der Waals surface area contributed by atoms with Crippen LogP contribution in [0.25, 0.3) is 21.3 Å². The van der Waals surface area contributed by atoms with E-state index in [1.807, 2.05) is 66.9 Å². The van der Waals surface area contributed by atoms with E-state index in [9.17, 15) is 9.59 Å². The largest absolute Gasteiger partial charge is 0.325 e. The summed E-state index contributed by atoms with van der Waals surface area (Å²) in [6.07, 6.45) is 2.62. The molecule has 1 atom stereocenters. The third-order valence-corrected chi connectivity index (χ3v) is 7.30. The summed E-state index contributed by atoms with van der Waals surface area (Å²) in [6, 6.07) is 17.7. The maximum atomic E-state index is 13.5. The van der Waals surface area contributed by atoms with Crippen molar-refractivity contribution in [3.8, 4) is 11.1 Å². The van der Waals surface area contributed by atoms with E-state index in [1.54, 1.807) is 10.6 Å². The zero-order valence-corrected chi connectivity index (χ0v) is 20.2. The van der Waals surface area contributed by atoms with Gasteiger partial charge >= 0.3 is 0 Å². The number of thioether (sulfide) groups is 1. The highest BCUT2D eigenvalue weighted by Gasteiger charge is 2.21. The number of aromatic nitrogens is 2. The molecule has 4 rings (SSSR count). The van der Waals surface area contributed by atoms with E-state index in [2.05, 4.69) is 18.8 Å². The van der Waals surface area contributed by atoms with Gasteiger partial charge in [-0.3, -0.25) is 14.2 Å². The molecule has 0 saturated heterocycles. The van der Waals surface area contributed by atoms with Crippen molar-refractivity contribution in [1.82, 2.24) is 9.55 Å². The second-order valence-electron chi connectivity index (χ2n) is 7.59. The number of hydrogen-bond donors (Lipinski definition) is 1. The molecule has 0 aliphatic carbocycles. The highest BCUT2D eigenvalue weighted by atomic mass is 32.2. The standard InChI is InChI=1S/C26H25N3O2S2/c1-4-15-29-25(31)22-21(19-9-7-6-8-10-19)16-32-24(22)28-26(29)33-17(3)23(30)27-20-13-11-18(5-2)12-14-20/h4,6-14,16-17H,1,5,15H2,2-3H3,(H,27,30). The number of carbonyl (C=O) groups is 1.